The first-order valence-electron chi connectivity index (χ1n) is 6.48. The fourth-order valence-electron chi connectivity index (χ4n) is 1.98. The van der Waals surface area contributed by atoms with Crippen molar-refractivity contribution in [2.75, 3.05) is 7.11 Å². The highest BCUT2D eigenvalue weighted by Gasteiger charge is 2.13. The first-order valence-corrected chi connectivity index (χ1v) is 8.47. The van der Waals surface area contributed by atoms with Crippen LogP contribution in [0.1, 0.15) is 17.4 Å². The van der Waals surface area contributed by atoms with E-state index in [1.807, 2.05) is 31.2 Å². The number of ether oxygens (including phenoxy) is 2. The highest BCUT2D eigenvalue weighted by Crippen LogP contribution is 2.37. The van der Waals surface area contributed by atoms with E-state index in [1.54, 1.807) is 18.4 Å². The first-order chi connectivity index (χ1) is 9.99. The Balaban J connectivity index is 2.18. The zero-order valence-corrected chi connectivity index (χ0v) is 15.0. The zero-order chi connectivity index (χ0) is 15.4. The van der Waals surface area contributed by atoms with Crippen molar-refractivity contribution in [1.82, 2.24) is 0 Å². The summed E-state index contributed by atoms with van der Waals surface area (Å²) in [5.41, 5.74) is 6.86. The van der Waals surface area contributed by atoms with E-state index >= 15 is 0 Å². The molecule has 0 amide bonds. The summed E-state index contributed by atoms with van der Waals surface area (Å²) in [6, 6.07) is 7.89. The first kappa shape index (κ1) is 16.6. The van der Waals surface area contributed by atoms with Crippen LogP contribution < -0.4 is 15.2 Å². The highest BCUT2D eigenvalue weighted by atomic mass is 79.9. The van der Waals surface area contributed by atoms with Crippen LogP contribution in [-0.2, 0) is 13.0 Å². The molecule has 3 nitrogen and oxygen atoms in total. The Morgan fingerprint density at radius 2 is 2.14 bits per heavy atom. The molecule has 0 fully saturated rings. The molecule has 0 aliphatic rings. The van der Waals surface area contributed by atoms with Crippen LogP contribution in [0.15, 0.2) is 28.1 Å². The molecule has 114 valence electrons. The second kappa shape index (κ2) is 7.49. The van der Waals surface area contributed by atoms with Crippen LogP contribution in [0.5, 0.6) is 11.5 Å². The smallest absolute Gasteiger partial charge is 0.180 e. The van der Waals surface area contributed by atoms with Crippen molar-refractivity contribution in [3.05, 3.63) is 43.5 Å². The van der Waals surface area contributed by atoms with E-state index in [2.05, 4.69) is 15.9 Å². The Hall–Kier alpha value is -0.750. The maximum Gasteiger partial charge on any atom is 0.180 e. The SMILES string of the molecule is COc1cc(CC(C)N)cc(Cl)c1OCc1ccc(Br)s1. The number of nitrogens with two attached hydrogens (primary N) is 1. The molecule has 2 aromatic rings. The largest absolute Gasteiger partial charge is 0.493 e. The van der Waals surface area contributed by atoms with Gasteiger partial charge in [0.2, 0.25) is 0 Å². The van der Waals surface area contributed by atoms with Crippen LogP contribution in [0.3, 0.4) is 0 Å². The molecule has 1 atom stereocenters. The van der Waals surface area contributed by atoms with Crippen LogP contribution in [0, 0.1) is 0 Å². The van der Waals surface area contributed by atoms with E-state index in [1.165, 1.54) is 0 Å². The third kappa shape index (κ3) is 4.61. The van der Waals surface area contributed by atoms with Crippen molar-refractivity contribution in [2.45, 2.75) is 26.0 Å². The minimum Gasteiger partial charge on any atom is -0.493 e. The second-order valence-electron chi connectivity index (χ2n) is 4.78. The predicted molar refractivity (Wildman–Crippen MR) is 91.7 cm³/mol. The summed E-state index contributed by atoms with van der Waals surface area (Å²) in [6.45, 7) is 2.42. The van der Waals surface area contributed by atoms with Crippen molar-refractivity contribution in [1.29, 1.82) is 0 Å². The van der Waals surface area contributed by atoms with E-state index in [9.17, 15) is 0 Å². The van der Waals surface area contributed by atoms with Gasteiger partial charge in [0.15, 0.2) is 11.5 Å². The van der Waals surface area contributed by atoms with E-state index in [-0.39, 0.29) is 6.04 Å². The summed E-state index contributed by atoms with van der Waals surface area (Å²) in [6.07, 6.45) is 0.744. The monoisotopic (exact) mass is 389 g/mol. The summed E-state index contributed by atoms with van der Waals surface area (Å²) in [5, 5.41) is 0.542. The molecule has 0 aliphatic carbocycles. The molecular formula is C15H17BrClNO2S. The number of rotatable bonds is 6. The molecule has 6 heteroatoms. The lowest BCUT2D eigenvalue weighted by Crippen LogP contribution is -2.17. The minimum absolute atomic E-state index is 0.0704. The Kier molecular flexibility index (Phi) is 5.93. The lowest BCUT2D eigenvalue weighted by Gasteiger charge is -2.14. The number of methoxy groups -OCH3 is 1. The molecule has 2 N–H and O–H groups in total. The third-order valence-electron chi connectivity index (χ3n) is 2.83. The predicted octanol–water partition coefficient (Wildman–Crippen LogP) is 4.64. The molecule has 1 heterocycles. The topological polar surface area (TPSA) is 44.5 Å². The average Bonchev–Trinajstić information content (AvgIpc) is 2.82. The van der Waals surface area contributed by atoms with Gasteiger partial charge in [0, 0.05) is 10.9 Å². The third-order valence-corrected chi connectivity index (χ3v) is 4.71. The van der Waals surface area contributed by atoms with Crippen molar-refractivity contribution >= 4 is 38.9 Å². The average molecular weight is 391 g/mol. The number of hydrogen-bond donors (Lipinski definition) is 1. The Morgan fingerprint density at radius 3 is 2.71 bits per heavy atom. The van der Waals surface area contributed by atoms with E-state index in [0.29, 0.717) is 23.1 Å². The minimum atomic E-state index is 0.0704. The summed E-state index contributed by atoms with van der Waals surface area (Å²) in [7, 11) is 1.61. The van der Waals surface area contributed by atoms with Gasteiger partial charge in [-0.15, -0.1) is 11.3 Å². The lowest BCUT2D eigenvalue weighted by molar-refractivity contribution is 0.287. The molecule has 0 radical (unpaired) electrons. The van der Waals surface area contributed by atoms with Crippen LogP contribution in [-0.4, -0.2) is 13.2 Å². The van der Waals surface area contributed by atoms with Crippen LogP contribution in [0.2, 0.25) is 5.02 Å². The standard InChI is InChI=1S/C15H17BrClNO2S/c1-9(18)5-10-6-12(17)15(13(7-10)19-2)20-8-11-3-4-14(16)21-11/h3-4,6-7,9H,5,8,18H2,1-2H3. The molecule has 0 saturated heterocycles. The molecule has 0 spiro atoms. The number of thiophene rings is 1. The van der Waals surface area contributed by atoms with Crippen molar-refractivity contribution < 1.29 is 9.47 Å². The Labute approximate surface area is 142 Å². The summed E-state index contributed by atoms with van der Waals surface area (Å²) in [5.74, 6) is 1.20. The fourth-order valence-corrected chi connectivity index (χ4v) is 3.66. The van der Waals surface area contributed by atoms with E-state index in [0.717, 1.165) is 20.6 Å². The zero-order valence-electron chi connectivity index (χ0n) is 11.9. The van der Waals surface area contributed by atoms with Gasteiger partial charge in [0.25, 0.3) is 0 Å². The number of halogens is 2. The molecule has 1 aromatic carbocycles. The fraction of sp³-hybridized carbons (Fsp3) is 0.333. The second-order valence-corrected chi connectivity index (χ2v) is 7.74. The van der Waals surface area contributed by atoms with Gasteiger partial charge in [-0.1, -0.05) is 11.6 Å². The molecule has 0 saturated carbocycles. The van der Waals surface area contributed by atoms with Gasteiger partial charge >= 0.3 is 0 Å². The maximum absolute atomic E-state index is 6.32. The van der Waals surface area contributed by atoms with Gasteiger partial charge in [-0.3, -0.25) is 0 Å². The maximum atomic E-state index is 6.32. The number of hydrogen-bond acceptors (Lipinski definition) is 4. The van der Waals surface area contributed by atoms with Gasteiger partial charge in [-0.05, 0) is 59.1 Å². The summed E-state index contributed by atoms with van der Waals surface area (Å²) in [4.78, 5) is 1.11. The molecule has 1 unspecified atom stereocenters. The quantitative estimate of drug-likeness (QED) is 0.781. The molecular weight excluding hydrogens is 374 g/mol. The van der Waals surface area contributed by atoms with Crippen molar-refractivity contribution in [3.8, 4) is 11.5 Å². The van der Waals surface area contributed by atoms with Crippen LogP contribution in [0.4, 0.5) is 0 Å². The van der Waals surface area contributed by atoms with Gasteiger partial charge in [0.05, 0.1) is 15.9 Å². The molecule has 2 rings (SSSR count). The number of benzene rings is 1. The van der Waals surface area contributed by atoms with E-state index < -0.39 is 0 Å². The Morgan fingerprint density at radius 1 is 1.38 bits per heavy atom. The van der Waals surface area contributed by atoms with Crippen molar-refractivity contribution in [3.63, 3.8) is 0 Å². The van der Waals surface area contributed by atoms with Gasteiger partial charge in [-0.25, -0.2) is 0 Å². The van der Waals surface area contributed by atoms with E-state index in [4.69, 9.17) is 26.8 Å². The normalized spacial score (nSPS) is 12.2. The molecule has 0 bridgehead atoms. The van der Waals surface area contributed by atoms with Gasteiger partial charge < -0.3 is 15.2 Å². The van der Waals surface area contributed by atoms with Crippen molar-refractivity contribution in [2.24, 2.45) is 5.73 Å². The lowest BCUT2D eigenvalue weighted by atomic mass is 10.1. The molecule has 0 aliphatic heterocycles. The molecule has 21 heavy (non-hydrogen) atoms. The Bertz CT molecular complexity index is 616. The van der Waals surface area contributed by atoms with Gasteiger partial charge in [-0.2, -0.15) is 0 Å². The van der Waals surface area contributed by atoms with Crippen LogP contribution >= 0.6 is 38.9 Å². The summed E-state index contributed by atoms with van der Waals surface area (Å²) >= 11 is 11.4. The highest BCUT2D eigenvalue weighted by molar-refractivity contribution is 9.11. The summed E-state index contributed by atoms with van der Waals surface area (Å²) < 4.78 is 12.3. The molecule has 1 aromatic heterocycles. The van der Waals surface area contributed by atoms with Crippen LogP contribution in [0.25, 0.3) is 0 Å². The van der Waals surface area contributed by atoms with Gasteiger partial charge in [0.1, 0.15) is 6.61 Å².